The number of likely N-dealkylation sites (N-methyl/N-ethyl adjacent to an activating group) is 1. The number of nitrogens with zero attached hydrogens (tertiary/aromatic N) is 1. The van der Waals surface area contributed by atoms with Crippen LogP contribution in [0.3, 0.4) is 0 Å². The Morgan fingerprint density at radius 3 is 1.81 bits per heavy atom. The molecule has 0 radical (unpaired) electrons. The minimum Gasteiger partial charge on any atom is -0.478 e. The number of aliphatic carboxylic acids is 1. The van der Waals surface area contributed by atoms with Gasteiger partial charge in [0.15, 0.2) is 0 Å². The van der Waals surface area contributed by atoms with Crippen LogP contribution in [0.15, 0.2) is 11.6 Å². The molecule has 0 heterocycles. The van der Waals surface area contributed by atoms with E-state index in [1.165, 1.54) is 11.8 Å². The maximum absolute atomic E-state index is 13.2. The highest BCUT2D eigenvalue weighted by Crippen LogP contribution is 2.25. The van der Waals surface area contributed by atoms with E-state index in [0.29, 0.717) is 0 Å². The lowest BCUT2D eigenvalue weighted by atomic mass is 9.84. The quantitative estimate of drug-likeness (QED) is 0.705. The molecule has 6 heteroatoms. The van der Waals surface area contributed by atoms with Crippen LogP contribution in [0, 0.1) is 16.7 Å². The van der Waals surface area contributed by atoms with Crippen LogP contribution in [-0.4, -0.2) is 46.9 Å². The van der Waals surface area contributed by atoms with Crippen LogP contribution in [0.25, 0.3) is 0 Å². The molecule has 0 unspecified atom stereocenters. The molecule has 0 saturated heterocycles. The number of hydrogen-bond donors (Lipinski definition) is 2. The number of amides is 2. The van der Waals surface area contributed by atoms with Crippen molar-refractivity contribution in [2.45, 2.75) is 74.4 Å². The van der Waals surface area contributed by atoms with Crippen LogP contribution in [0.4, 0.5) is 0 Å². The molecule has 0 aromatic rings. The molecule has 0 spiro atoms. The maximum Gasteiger partial charge on any atom is 0.331 e. The Hall–Kier alpha value is -1.85. The molecule has 0 aromatic carbocycles. The maximum atomic E-state index is 13.2. The molecule has 2 N–H and O–H groups in total. The van der Waals surface area contributed by atoms with E-state index >= 15 is 0 Å². The molecule has 2 amide bonds. The third-order valence-electron chi connectivity index (χ3n) is 4.31. The lowest BCUT2D eigenvalue weighted by molar-refractivity contribution is -0.142. The van der Waals surface area contributed by atoms with Gasteiger partial charge < -0.3 is 15.3 Å². The van der Waals surface area contributed by atoms with Crippen LogP contribution in [-0.2, 0) is 14.4 Å². The second kappa shape index (κ2) is 8.69. The molecule has 6 nitrogen and oxygen atoms in total. The Kier molecular flexibility index (Phi) is 8.07. The van der Waals surface area contributed by atoms with Crippen molar-refractivity contribution in [3.8, 4) is 0 Å². The van der Waals surface area contributed by atoms with Gasteiger partial charge in [0.1, 0.15) is 6.04 Å². The van der Waals surface area contributed by atoms with Gasteiger partial charge in [-0.15, -0.1) is 0 Å². The van der Waals surface area contributed by atoms with Crippen molar-refractivity contribution in [2.24, 2.45) is 16.7 Å². The van der Waals surface area contributed by atoms with E-state index in [1.54, 1.807) is 33.9 Å². The van der Waals surface area contributed by atoms with E-state index in [2.05, 4.69) is 5.32 Å². The van der Waals surface area contributed by atoms with Crippen molar-refractivity contribution >= 4 is 17.8 Å². The number of carbonyl (C=O) groups is 3. The summed E-state index contributed by atoms with van der Waals surface area (Å²) in [6.45, 7) is 16.5. The Morgan fingerprint density at radius 1 is 1.04 bits per heavy atom. The molecule has 2 atom stereocenters. The van der Waals surface area contributed by atoms with Crippen molar-refractivity contribution in [1.82, 2.24) is 10.2 Å². The summed E-state index contributed by atoms with van der Waals surface area (Å²) in [6, 6.07) is -1.09. The van der Waals surface area contributed by atoms with Crippen LogP contribution < -0.4 is 5.32 Å². The first-order valence-corrected chi connectivity index (χ1v) is 8.99. The Morgan fingerprint density at radius 2 is 1.50 bits per heavy atom. The molecule has 0 saturated carbocycles. The fraction of sp³-hybridized carbons (Fsp3) is 0.750. The predicted octanol–water partition coefficient (Wildman–Crippen LogP) is 3.08. The fourth-order valence-electron chi connectivity index (χ4n) is 2.43. The minimum atomic E-state index is -1.01. The van der Waals surface area contributed by atoms with E-state index in [0.717, 1.165) is 0 Å². The van der Waals surface area contributed by atoms with E-state index in [4.69, 9.17) is 5.11 Å². The summed E-state index contributed by atoms with van der Waals surface area (Å²) < 4.78 is 0. The van der Waals surface area contributed by atoms with Gasteiger partial charge in [0, 0.05) is 18.0 Å². The Labute approximate surface area is 158 Å². The zero-order valence-electron chi connectivity index (χ0n) is 17.9. The molecule has 0 aliphatic rings. The van der Waals surface area contributed by atoms with Gasteiger partial charge in [-0.1, -0.05) is 61.5 Å². The molecular weight excluding hydrogens is 332 g/mol. The van der Waals surface area contributed by atoms with Crippen LogP contribution >= 0.6 is 0 Å². The topological polar surface area (TPSA) is 86.7 Å². The standard InChI is InChI=1S/C20H36N2O4/c1-12(2)14(11-13(3)17(24)25)22(10)16(23)15(19(4,5)6)21-18(26)20(7,8)9/h11-12,14-15H,1-10H3,(H,21,26)(H,24,25)/b13-11+/t14-,15-/m1/s1. The van der Waals surface area contributed by atoms with Crippen molar-refractivity contribution in [3.05, 3.63) is 11.6 Å². The zero-order chi connectivity index (χ0) is 21.0. The first-order chi connectivity index (χ1) is 11.5. The smallest absolute Gasteiger partial charge is 0.331 e. The van der Waals surface area contributed by atoms with Crippen LogP contribution in [0.5, 0.6) is 0 Å². The number of hydrogen-bond acceptors (Lipinski definition) is 3. The molecule has 0 aromatic heterocycles. The normalized spacial score (nSPS) is 15.4. The van der Waals surface area contributed by atoms with Gasteiger partial charge in [-0.3, -0.25) is 9.59 Å². The summed E-state index contributed by atoms with van der Waals surface area (Å²) in [7, 11) is 1.65. The monoisotopic (exact) mass is 368 g/mol. The molecule has 0 aliphatic heterocycles. The summed E-state index contributed by atoms with van der Waals surface area (Å²) in [5.41, 5.74) is -0.909. The van der Waals surface area contributed by atoms with Gasteiger partial charge >= 0.3 is 5.97 Å². The highest BCUT2D eigenvalue weighted by Gasteiger charge is 2.38. The highest BCUT2D eigenvalue weighted by molar-refractivity contribution is 5.90. The highest BCUT2D eigenvalue weighted by atomic mass is 16.4. The largest absolute Gasteiger partial charge is 0.478 e. The molecule has 0 fully saturated rings. The van der Waals surface area contributed by atoms with Gasteiger partial charge in [-0.05, 0) is 18.3 Å². The summed E-state index contributed by atoms with van der Waals surface area (Å²) >= 11 is 0. The third-order valence-corrected chi connectivity index (χ3v) is 4.31. The molecule has 150 valence electrons. The van der Waals surface area contributed by atoms with E-state index in [1.807, 2.05) is 34.6 Å². The Balaban J connectivity index is 5.77. The predicted molar refractivity (Wildman–Crippen MR) is 104 cm³/mol. The lowest BCUT2D eigenvalue weighted by Gasteiger charge is -2.38. The first-order valence-electron chi connectivity index (χ1n) is 8.99. The second-order valence-corrected chi connectivity index (χ2v) is 9.36. The molecule has 0 aliphatic carbocycles. The van der Waals surface area contributed by atoms with Gasteiger partial charge in [-0.2, -0.15) is 0 Å². The van der Waals surface area contributed by atoms with E-state index in [9.17, 15) is 14.4 Å². The number of nitrogens with one attached hydrogen (secondary N) is 1. The lowest BCUT2D eigenvalue weighted by Crippen LogP contribution is -2.57. The molecule has 0 rings (SSSR count). The summed E-state index contributed by atoms with van der Waals surface area (Å²) in [6.07, 6.45) is 1.59. The van der Waals surface area contributed by atoms with Gasteiger partial charge in [0.05, 0.1) is 6.04 Å². The molecule has 0 bridgehead atoms. The first kappa shape index (κ1) is 24.1. The minimum absolute atomic E-state index is 0.0252. The van der Waals surface area contributed by atoms with Gasteiger partial charge in [0.25, 0.3) is 0 Å². The van der Waals surface area contributed by atoms with Crippen molar-refractivity contribution < 1.29 is 19.5 Å². The summed E-state index contributed by atoms with van der Waals surface area (Å²) in [5, 5.41) is 12.0. The molecular formula is C20H36N2O4. The van der Waals surface area contributed by atoms with Gasteiger partial charge in [0.2, 0.25) is 11.8 Å². The van der Waals surface area contributed by atoms with Gasteiger partial charge in [-0.25, -0.2) is 4.79 Å². The fourth-order valence-corrected chi connectivity index (χ4v) is 2.43. The number of carbonyl (C=O) groups excluding carboxylic acids is 2. The average Bonchev–Trinajstić information content (AvgIpc) is 2.45. The van der Waals surface area contributed by atoms with Crippen molar-refractivity contribution in [2.75, 3.05) is 7.05 Å². The van der Waals surface area contributed by atoms with E-state index < -0.39 is 22.8 Å². The van der Waals surface area contributed by atoms with Crippen LogP contribution in [0.2, 0.25) is 0 Å². The summed E-state index contributed by atoms with van der Waals surface area (Å²) in [5.74, 6) is -1.41. The number of carboxylic acid groups (broad SMARTS) is 1. The average molecular weight is 369 g/mol. The number of carboxylic acids is 1. The molecule has 26 heavy (non-hydrogen) atoms. The number of rotatable bonds is 6. The zero-order valence-corrected chi connectivity index (χ0v) is 17.9. The van der Waals surface area contributed by atoms with Crippen LogP contribution in [0.1, 0.15) is 62.3 Å². The van der Waals surface area contributed by atoms with Crippen molar-refractivity contribution in [1.29, 1.82) is 0 Å². The second-order valence-electron chi connectivity index (χ2n) is 9.36. The SMILES string of the molecule is C/C(=C\[C@H](C(C)C)N(C)C(=O)[C@@H](NC(=O)C(C)(C)C)C(C)(C)C)C(=O)O. The van der Waals surface area contributed by atoms with Crippen molar-refractivity contribution in [3.63, 3.8) is 0 Å². The Bertz CT molecular complexity index is 565. The summed E-state index contributed by atoms with van der Waals surface area (Å²) in [4.78, 5) is 38.3. The third kappa shape index (κ3) is 6.81. The van der Waals surface area contributed by atoms with E-state index in [-0.39, 0.29) is 29.3 Å².